The minimum absolute atomic E-state index is 0. The molecular formula is C16H20Cl2N4O2. The highest BCUT2D eigenvalue weighted by Crippen LogP contribution is 2.23. The molecule has 3 rings (SSSR count). The Balaban J connectivity index is 0.00000144. The molecule has 0 saturated carbocycles. The number of halogens is 2. The molecule has 0 aliphatic rings. The Hall–Kier alpha value is -2.02. The molecule has 1 atom stereocenters. The monoisotopic (exact) mass is 370 g/mol. The molecular weight excluding hydrogens is 351 g/mol. The third-order valence-electron chi connectivity index (χ3n) is 3.46. The molecule has 8 heteroatoms. The molecule has 1 unspecified atom stereocenters. The first-order valence-corrected chi connectivity index (χ1v) is 7.16. The van der Waals surface area contributed by atoms with Crippen LogP contribution in [0.4, 0.5) is 5.69 Å². The van der Waals surface area contributed by atoms with E-state index < -0.39 is 0 Å². The molecule has 0 fully saturated rings. The van der Waals surface area contributed by atoms with Crippen LogP contribution in [0.1, 0.15) is 6.92 Å². The average Bonchev–Trinajstić information content (AvgIpc) is 3.15. The summed E-state index contributed by atoms with van der Waals surface area (Å²) in [4.78, 5) is 19.7. The Morgan fingerprint density at radius 1 is 1.33 bits per heavy atom. The minimum Gasteiger partial charge on any atom is -0.461 e. The van der Waals surface area contributed by atoms with Crippen LogP contribution in [0.3, 0.4) is 0 Å². The maximum absolute atomic E-state index is 12.0. The summed E-state index contributed by atoms with van der Waals surface area (Å²) < 4.78 is 5.33. The number of anilines is 1. The smallest absolute Gasteiger partial charge is 0.228 e. The van der Waals surface area contributed by atoms with Gasteiger partial charge in [0.05, 0.1) is 17.3 Å². The number of hydrogen-bond acceptors (Lipinski definition) is 4. The molecule has 0 aliphatic heterocycles. The lowest BCUT2D eigenvalue weighted by atomic mass is 10.1. The van der Waals surface area contributed by atoms with Crippen molar-refractivity contribution in [1.82, 2.24) is 15.3 Å². The van der Waals surface area contributed by atoms with Gasteiger partial charge in [-0.2, -0.15) is 0 Å². The second-order valence-electron chi connectivity index (χ2n) is 5.24. The number of H-pyrrole nitrogens is 1. The van der Waals surface area contributed by atoms with Crippen LogP contribution in [-0.2, 0) is 4.79 Å². The van der Waals surface area contributed by atoms with Gasteiger partial charge in [0.2, 0.25) is 5.91 Å². The van der Waals surface area contributed by atoms with E-state index in [9.17, 15) is 4.79 Å². The van der Waals surface area contributed by atoms with Crippen LogP contribution in [0.15, 0.2) is 41.0 Å². The molecule has 0 spiro atoms. The summed E-state index contributed by atoms with van der Waals surface area (Å²) in [7, 11) is 1.83. The fourth-order valence-corrected chi connectivity index (χ4v) is 2.28. The maximum Gasteiger partial charge on any atom is 0.228 e. The molecule has 24 heavy (non-hydrogen) atoms. The third-order valence-corrected chi connectivity index (χ3v) is 3.46. The number of nitrogens with one attached hydrogen (secondary N) is 3. The van der Waals surface area contributed by atoms with Crippen molar-refractivity contribution in [2.24, 2.45) is 5.92 Å². The van der Waals surface area contributed by atoms with E-state index in [0.29, 0.717) is 18.1 Å². The zero-order chi connectivity index (χ0) is 15.5. The van der Waals surface area contributed by atoms with Crippen molar-refractivity contribution in [2.75, 3.05) is 18.9 Å². The standard InChI is InChI=1S/C16H18N4O2.2ClH/c1-10(9-17-2)16(21)18-11-5-6-12-13(8-11)20-15(19-12)14-4-3-7-22-14;;/h3-8,10,17H,9H2,1-2H3,(H,18,21)(H,19,20);2*1H. The van der Waals surface area contributed by atoms with Gasteiger partial charge in [-0.3, -0.25) is 4.79 Å². The summed E-state index contributed by atoms with van der Waals surface area (Å²) in [5.41, 5.74) is 2.42. The Morgan fingerprint density at radius 2 is 2.12 bits per heavy atom. The molecule has 0 radical (unpaired) electrons. The highest BCUT2D eigenvalue weighted by molar-refractivity contribution is 5.94. The van der Waals surface area contributed by atoms with E-state index in [4.69, 9.17) is 4.42 Å². The number of imidazole rings is 1. The summed E-state index contributed by atoms with van der Waals surface area (Å²) in [6.07, 6.45) is 1.61. The van der Waals surface area contributed by atoms with Gasteiger partial charge in [0.25, 0.3) is 0 Å². The van der Waals surface area contributed by atoms with Crippen molar-refractivity contribution < 1.29 is 9.21 Å². The molecule has 0 bridgehead atoms. The normalized spacial score (nSPS) is 11.4. The fraction of sp³-hybridized carbons (Fsp3) is 0.250. The fourth-order valence-electron chi connectivity index (χ4n) is 2.28. The molecule has 130 valence electrons. The van der Waals surface area contributed by atoms with E-state index in [2.05, 4.69) is 20.6 Å². The van der Waals surface area contributed by atoms with Crippen molar-refractivity contribution in [1.29, 1.82) is 0 Å². The number of carbonyl (C=O) groups is 1. The van der Waals surface area contributed by atoms with Crippen molar-refractivity contribution in [3.63, 3.8) is 0 Å². The van der Waals surface area contributed by atoms with Gasteiger partial charge in [-0.05, 0) is 37.4 Å². The van der Waals surface area contributed by atoms with Crippen LogP contribution in [0.25, 0.3) is 22.6 Å². The number of carbonyl (C=O) groups excluding carboxylic acids is 1. The van der Waals surface area contributed by atoms with Gasteiger partial charge in [0.15, 0.2) is 11.6 Å². The number of benzene rings is 1. The van der Waals surface area contributed by atoms with Crippen LogP contribution in [0.5, 0.6) is 0 Å². The Morgan fingerprint density at radius 3 is 2.79 bits per heavy atom. The third kappa shape index (κ3) is 4.29. The zero-order valence-electron chi connectivity index (χ0n) is 13.3. The van der Waals surface area contributed by atoms with Gasteiger partial charge in [0.1, 0.15) is 0 Å². The first-order chi connectivity index (χ1) is 10.7. The van der Waals surface area contributed by atoms with E-state index in [-0.39, 0.29) is 36.6 Å². The van der Waals surface area contributed by atoms with Crippen molar-refractivity contribution in [3.8, 4) is 11.6 Å². The molecule has 2 aromatic heterocycles. The molecule has 3 N–H and O–H groups in total. The summed E-state index contributed by atoms with van der Waals surface area (Å²) in [6.45, 7) is 2.52. The lowest BCUT2D eigenvalue weighted by molar-refractivity contribution is -0.119. The number of aromatic nitrogens is 2. The Bertz CT molecular complexity index is 787. The molecule has 2 heterocycles. The van der Waals surface area contributed by atoms with E-state index in [1.165, 1.54) is 0 Å². The van der Waals surface area contributed by atoms with Crippen molar-refractivity contribution in [3.05, 3.63) is 36.6 Å². The molecule has 1 amide bonds. The predicted molar refractivity (Wildman–Crippen MR) is 100 cm³/mol. The quantitative estimate of drug-likeness (QED) is 0.642. The second kappa shape index (κ2) is 8.73. The number of rotatable bonds is 5. The number of furan rings is 1. The Kier molecular flexibility index (Phi) is 7.28. The molecule has 3 aromatic rings. The van der Waals surface area contributed by atoms with Gasteiger partial charge in [-0.25, -0.2) is 4.98 Å². The Labute approximate surface area is 152 Å². The van der Waals surface area contributed by atoms with Gasteiger partial charge < -0.3 is 20.0 Å². The number of aromatic amines is 1. The minimum atomic E-state index is -0.0962. The van der Waals surface area contributed by atoms with Crippen LogP contribution in [-0.4, -0.2) is 29.5 Å². The molecule has 6 nitrogen and oxygen atoms in total. The summed E-state index contributed by atoms with van der Waals surface area (Å²) >= 11 is 0. The van der Waals surface area contributed by atoms with Crippen molar-refractivity contribution >= 4 is 47.4 Å². The maximum atomic E-state index is 12.0. The summed E-state index contributed by atoms with van der Waals surface area (Å²) in [5, 5.41) is 5.91. The number of hydrogen-bond donors (Lipinski definition) is 3. The molecule has 1 aromatic carbocycles. The van der Waals surface area contributed by atoms with E-state index in [1.807, 2.05) is 44.3 Å². The van der Waals surface area contributed by atoms with Gasteiger partial charge in [-0.1, -0.05) is 6.92 Å². The van der Waals surface area contributed by atoms with Crippen LogP contribution < -0.4 is 10.6 Å². The summed E-state index contributed by atoms with van der Waals surface area (Å²) in [6, 6.07) is 9.26. The first-order valence-electron chi connectivity index (χ1n) is 7.16. The lowest BCUT2D eigenvalue weighted by Crippen LogP contribution is -2.28. The molecule has 0 aliphatic carbocycles. The highest BCUT2D eigenvalue weighted by Gasteiger charge is 2.13. The zero-order valence-corrected chi connectivity index (χ0v) is 15.0. The number of amides is 1. The average molecular weight is 371 g/mol. The highest BCUT2D eigenvalue weighted by atomic mass is 35.5. The number of fused-ring (bicyclic) bond motifs is 1. The van der Waals surface area contributed by atoms with Crippen LogP contribution in [0.2, 0.25) is 0 Å². The number of nitrogens with zero attached hydrogens (tertiary/aromatic N) is 1. The van der Waals surface area contributed by atoms with Gasteiger partial charge in [-0.15, -0.1) is 24.8 Å². The van der Waals surface area contributed by atoms with E-state index in [1.54, 1.807) is 6.26 Å². The van der Waals surface area contributed by atoms with Crippen LogP contribution >= 0.6 is 24.8 Å². The first kappa shape index (κ1) is 20.0. The van der Waals surface area contributed by atoms with Crippen molar-refractivity contribution in [2.45, 2.75) is 6.92 Å². The summed E-state index contributed by atoms with van der Waals surface area (Å²) in [5.74, 6) is 1.25. The van der Waals surface area contributed by atoms with E-state index in [0.717, 1.165) is 16.7 Å². The molecule has 0 saturated heterocycles. The topological polar surface area (TPSA) is 82.9 Å². The van der Waals surface area contributed by atoms with Gasteiger partial charge >= 0.3 is 0 Å². The SMILES string of the molecule is CNCC(C)C(=O)Nc1ccc2nc(-c3ccco3)[nH]c2c1.Cl.Cl. The van der Waals surface area contributed by atoms with Crippen LogP contribution in [0, 0.1) is 5.92 Å². The lowest BCUT2D eigenvalue weighted by Gasteiger charge is -2.11. The predicted octanol–water partition coefficient (Wildman–Crippen LogP) is 3.46. The second-order valence-corrected chi connectivity index (χ2v) is 5.24. The van der Waals surface area contributed by atoms with E-state index >= 15 is 0 Å². The largest absolute Gasteiger partial charge is 0.461 e. The van der Waals surface area contributed by atoms with Gasteiger partial charge in [0, 0.05) is 18.2 Å².